The van der Waals surface area contributed by atoms with E-state index in [1.54, 1.807) is 13.0 Å². The van der Waals surface area contributed by atoms with E-state index in [0.717, 1.165) is 27.9 Å². The Hall–Kier alpha value is -2.37. The van der Waals surface area contributed by atoms with E-state index in [1.165, 1.54) is 0 Å². The number of rotatable bonds is 4. The van der Waals surface area contributed by atoms with Gasteiger partial charge in [0.2, 0.25) is 0 Å². The summed E-state index contributed by atoms with van der Waals surface area (Å²) in [7, 11) is 0. The third kappa shape index (κ3) is 3.70. The van der Waals surface area contributed by atoms with Crippen LogP contribution in [0, 0.1) is 20.8 Å². The lowest BCUT2D eigenvalue weighted by Crippen LogP contribution is -2.44. The summed E-state index contributed by atoms with van der Waals surface area (Å²) in [6, 6.07) is 11.4. The van der Waals surface area contributed by atoms with Crippen LogP contribution in [-0.4, -0.2) is 35.8 Å². The zero-order chi connectivity index (χ0) is 19.8. The lowest BCUT2D eigenvalue weighted by Gasteiger charge is -2.25. The van der Waals surface area contributed by atoms with Gasteiger partial charge in [0.1, 0.15) is 5.84 Å². The fraction of sp³-hybridized carbons (Fsp3) is 0.333. The summed E-state index contributed by atoms with van der Waals surface area (Å²) in [6.45, 7) is 7.83. The Kier molecular flexibility index (Phi) is 5.27. The second kappa shape index (κ2) is 7.33. The van der Waals surface area contributed by atoms with Crippen molar-refractivity contribution in [1.29, 1.82) is 0 Å². The van der Waals surface area contributed by atoms with Crippen LogP contribution in [0.4, 0.5) is 5.69 Å². The molecule has 1 N–H and O–H groups in total. The van der Waals surface area contributed by atoms with Crippen LogP contribution < -0.4 is 4.90 Å². The Morgan fingerprint density at radius 2 is 1.89 bits per heavy atom. The van der Waals surface area contributed by atoms with Crippen molar-refractivity contribution in [3.8, 4) is 0 Å². The van der Waals surface area contributed by atoms with Gasteiger partial charge in [-0.3, -0.25) is 0 Å². The predicted molar refractivity (Wildman–Crippen MR) is 108 cm³/mol. The first-order chi connectivity index (χ1) is 12.7. The van der Waals surface area contributed by atoms with E-state index in [0.29, 0.717) is 10.9 Å². The summed E-state index contributed by atoms with van der Waals surface area (Å²) < 4.78 is 5.05. The molecule has 142 valence electrons. The highest BCUT2D eigenvalue weighted by molar-refractivity contribution is 6.31. The van der Waals surface area contributed by atoms with Crippen LogP contribution >= 0.6 is 11.6 Å². The number of benzene rings is 2. The minimum absolute atomic E-state index is 0.0325. The average molecular weight is 387 g/mol. The molecule has 1 heterocycles. The van der Waals surface area contributed by atoms with Crippen LogP contribution in [-0.2, 0) is 9.53 Å². The number of aliphatic hydroxyl groups is 1. The van der Waals surface area contributed by atoms with Crippen LogP contribution in [0.5, 0.6) is 0 Å². The lowest BCUT2D eigenvalue weighted by atomic mass is 10.0. The van der Waals surface area contributed by atoms with Crippen molar-refractivity contribution >= 4 is 29.1 Å². The van der Waals surface area contributed by atoms with Gasteiger partial charge in [-0.25, -0.2) is 9.79 Å². The second-order valence-corrected chi connectivity index (χ2v) is 7.22. The van der Waals surface area contributed by atoms with Gasteiger partial charge in [0.25, 0.3) is 5.72 Å². The van der Waals surface area contributed by atoms with Gasteiger partial charge in [-0.05, 0) is 62.6 Å². The maximum absolute atomic E-state index is 12.4. The fourth-order valence-electron chi connectivity index (χ4n) is 3.10. The molecule has 1 aliphatic rings. The molecule has 2 aromatic rings. The third-order valence-electron chi connectivity index (χ3n) is 4.75. The van der Waals surface area contributed by atoms with E-state index in [-0.39, 0.29) is 13.2 Å². The Labute approximate surface area is 164 Å². The monoisotopic (exact) mass is 386 g/mol. The molecule has 3 rings (SSSR count). The zero-order valence-electron chi connectivity index (χ0n) is 15.9. The van der Waals surface area contributed by atoms with Crippen molar-refractivity contribution in [3.63, 3.8) is 0 Å². The van der Waals surface area contributed by atoms with Crippen molar-refractivity contribution in [3.05, 3.63) is 63.7 Å². The Balaban J connectivity index is 2.13. The topological polar surface area (TPSA) is 62.1 Å². The number of hydrogen-bond donors (Lipinski definition) is 1. The third-order valence-corrected chi connectivity index (χ3v) is 4.99. The number of anilines is 1. The maximum Gasteiger partial charge on any atom is 0.363 e. The number of ether oxygens (including phenoxy) is 1. The summed E-state index contributed by atoms with van der Waals surface area (Å²) in [5.41, 5.74) is 2.87. The molecule has 2 aromatic carbocycles. The van der Waals surface area contributed by atoms with E-state index in [4.69, 9.17) is 16.3 Å². The standard InChI is InChI=1S/C21H23ClN2O3/c1-5-27-20(25)21(26)12-24(18-11-17(22)9-7-14(18)3)19(23-21)16-8-6-13(2)15(4)10-16/h6-11,26H,5,12H2,1-4H3. The molecule has 0 spiro atoms. The molecule has 27 heavy (non-hydrogen) atoms. The van der Waals surface area contributed by atoms with E-state index < -0.39 is 11.7 Å². The van der Waals surface area contributed by atoms with Gasteiger partial charge in [0.15, 0.2) is 0 Å². The highest BCUT2D eigenvalue weighted by atomic mass is 35.5. The number of amidine groups is 1. The molecule has 5 nitrogen and oxygen atoms in total. The van der Waals surface area contributed by atoms with Crippen molar-refractivity contribution in [2.45, 2.75) is 33.4 Å². The highest BCUT2D eigenvalue weighted by Crippen LogP contribution is 2.33. The Bertz CT molecular complexity index is 926. The average Bonchev–Trinajstić information content (AvgIpc) is 2.99. The van der Waals surface area contributed by atoms with Crippen molar-refractivity contribution < 1.29 is 14.6 Å². The quantitative estimate of drug-likeness (QED) is 0.812. The number of nitrogens with zero attached hydrogens (tertiary/aromatic N) is 2. The molecular formula is C21H23ClN2O3. The maximum atomic E-state index is 12.4. The summed E-state index contributed by atoms with van der Waals surface area (Å²) in [5.74, 6) is -0.243. The molecule has 0 saturated heterocycles. The molecule has 0 saturated carbocycles. The normalized spacial score (nSPS) is 19.2. The molecule has 0 aromatic heterocycles. The minimum Gasteiger partial charge on any atom is -0.462 e. The van der Waals surface area contributed by atoms with Crippen LogP contribution in [0.1, 0.15) is 29.2 Å². The number of hydrogen-bond acceptors (Lipinski definition) is 5. The van der Waals surface area contributed by atoms with E-state index in [9.17, 15) is 9.90 Å². The van der Waals surface area contributed by atoms with Gasteiger partial charge < -0.3 is 14.7 Å². The molecule has 6 heteroatoms. The molecule has 0 bridgehead atoms. The van der Waals surface area contributed by atoms with Crippen LogP contribution in [0.3, 0.4) is 0 Å². The molecule has 1 unspecified atom stereocenters. The predicted octanol–water partition coefficient (Wildman–Crippen LogP) is 3.78. The number of β-amino-alcohol motifs (C(OH)–C–C–N with tert-alkyl or cyclic N) is 1. The number of halogens is 1. The number of carbonyl (C=O) groups excluding carboxylic acids is 1. The highest BCUT2D eigenvalue weighted by Gasteiger charge is 2.46. The lowest BCUT2D eigenvalue weighted by molar-refractivity contribution is -0.162. The number of esters is 1. The van der Waals surface area contributed by atoms with E-state index in [2.05, 4.69) is 4.99 Å². The fourth-order valence-corrected chi connectivity index (χ4v) is 3.26. The SMILES string of the molecule is CCOC(=O)C1(O)CN(c2cc(Cl)ccc2C)C(c2ccc(C)c(C)c2)=N1. The van der Waals surface area contributed by atoms with Crippen molar-refractivity contribution in [2.75, 3.05) is 18.1 Å². The van der Waals surface area contributed by atoms with E-state index >= 15 is 0 Å². The second-order valence-electron chi connectivity index (χ2n) is 6.79. The zero-order valence-corrected chi connectivity index (χ0v) is 16.7. The van der Waals surface area contributed by atoms with Gasteiger partial charge in [0, 0.05) is 16.3 Å². The number of aryl methyl sites for hydroxylation is 3. The smallest absolute Gasteiger partial charge is 0.363 e. The van der Waals surface area contributed by atoms with Crippen molar-refractivity contribution in [2.24, 2.45) is 4.99 Å². The molecule has 0 aliphatic carbocycles. The van der Waals surface area contributed by atoms with Gasteiger partial charge in [-0.2, -0.15) is 0 Å². The van der Waals surface area contributed by atoms with Gasteiger partial charge in [0.05, 0.1) is 13.2 Å². The minimum atomic E-state index is -1.96. The summed E-state index contributed by atoms with van der Waals surface area (Å²) in [4.78, 5) is 18.6. The first-order valence-electron chi connectivity index (χ1n) is 8.86. The van der Waals surface area contributed by atoms with Crippen LogP contribution in [0.25, 0.3) is 0 Å². The van der Waals surface area contributed by atoms with Gasteiger partial charge in [-0.1, -0.05) is 29.8 Å². The molecule has 0 radical (unpaired) electrons. The first kappa shape index (κ1) is 19.4. The molecule has 1 aliphatic heterocycles. The first-order valence-corrected chi connectivity index (χ1v) is 9.23. The van der Waals surface area contributed by atoms with Gasteiger partial charge >= 0.3 is 5.97 Å². The summed E-state index contributed by atoms with van der Waals surface area (Å²) >= 11 is 6.20. The van der Waals surface area contributed by atoms with Crippen molar-refractivity contribution in [1.82, 2.24) is 0 Å². The largest absolute Gasteiger partial charge is 0.462 e. The van der Waals surface area contributed by atoms with Crippen LogP contribution in [0.2, 0.25) is 5.02 Å². The Morgan fingerprint density at radius 3 is 2.56 bits per heavy atom. The molecule has 1 atom stereocenters. The number of carbonyl (C=O) groups is 1. The molecule has 0 fully saturated rings. The number of aliphatic imine (C=N–C) groups is 1. The summed E-state index contributed by atoms with van der Waals surface area (Å²) in [6.07, 6.45) is 0. The Morgan fingerprint density at radius 1 is 1.19 bits per heavy atom. The van der Waals surface area contributed by atoms with E-state index in [1.807, 2.05) is 56.0 Å². The van der Waals surface area contributed by atoms with Gasteiger partial charge in [-0.15, -0.1) is 0 Å². The summed E-state index contributed by atoms with van der Waals surface area (Å²) in [5, 5.41) is 11.5. The van der Waals surface area contributed by atoms with Crippen LogP contribution in [0.15, 0.2) is 41.4 Å². The molecule has 0 amide bonds. The molecular weight excluding hydrogens is 364 g/mol.